The van der Waals surface area contributed by atoms with E-state index in [9.17, 15) is 4.79 Å². The Morgan fingerprint density at radius 2 is 1.62 bits per heavy atom. The Morgan fingerprint density at radius 1 is 1.06 bits per heavy atom. The zero-order valence-corrected chi connectivity index (χ0v) is 9.94. The van der Waals surface area contributed by atoms with Crippen LogP contribution in [0, 0.1) is 0 Å². The van der Waals surface area contributed by atoms with Crippen LogP contribution in [0.3, 0.4) is 0 Å². The molecule has 1 rings (SSSR count). The number of carbonyl (C=O) groups excluding carboxylic acids is 1. The maximum absolute atomic E-state index is 10.9. The van der Waals surface area contributed by atoms with Crippen molar-refractivity contribution in [2.75, 3.05) is 14.2 Å². The van der Waals surface area contributed by atoms with Crippen LogP contribution >= 0.6 is 0 Å². The molecule has 0 bridgehead atoms. The summed E-state index contributed by atoms with van der Waals surface area (Å²) in [5, 5.41) is 0. The van der Waals surface area contributed by atoms with Gasteiger partial charge in [-0.3, -0.25) is 4.79 Å². The highest BCUT2D eigenvalue weighted by Crippen LogP contribution is 2.34. The largest absolute Gasteiger partial charge is 0.493 e. The van der Waals surface area contributed by atoms with Gasteiger partial charge in [0.15, 0.2) is 17.8 Å². The van der Waals surface area contributed by atoms with E-state index in [0.717, 1.165) is 6.29 Å². The molecule has 1 aromatic carbocycles. The fourth-order valence-electron chi connectivity index (χ4n) is 1.32. The molecule has 88 valence electrons. The third kappa shape index (κ3) is 2.66. The third-order valence-corrected chi connectivity index (χ3v) is 2.01. The first-order valence-electron chi connectivity index (χ1n) is 5.00. The van der Waals surface area contributed by atoms with E-state index in [1.807, 2.05) is 13.8 Å². The van der Waals surface area contributed by atoms with E-state index in [1.54, 1.807) is 12.1 Å². The fourth-order valence-corrected chi connectivity index (χ4v) is 1.32. The third-order valence-electron chi connectivity index (χ3n) is 2.01. The van der Waals surface area contributed by atoms with Crippen molar-refractivity contribution in [3.8, 4) is 17.2 Å². The molecule has 0 spiro atoms. The average Bonchev–Trinajstić information content (AvgIpc) is 2.27. The first-order valence-corrected chi connectivity index (χ1v) is 5.00. The van der Waals surface area contributed by atoms with Crippen LogP contribution in [0.15, 0.2) is 12.1 Å². The summed E-state index contributed by atoms with van der Waals surface area (Å²) in [6.45, 7) is 3.79. The van der Waals surface area contributed by atoms with Gasteiger partial charge in [-0.05, 0) is 19.9 Å². The quantitative estimate of drug-likeness (QED) is 0.720. The summed E-state index contributed by atoms with van der Waals surface area (Å²) in [6, 6.07) is 3.26. The summed E-state index contributed by atoms with van der Waals surface area (Å²) in [5.41, 5.74) is 0.450. The second kappa shape index (κ2) is 5.39. The highest BCUT2D eigenvalue weighted by Gasteiger charge is 2.12. The van der Waals surface area contributed by atoms with Gasteiger partial charge in [-0.2, -0.15) is 0 Å². The maximum Gasteiger partial charge on any atom is 0.164 e. The van der Waals surface area contributed by atoms with Gasteiger partial charge in [0.25, 0.3) is 0 Å². The van der Waals surface area contributed by atoms with Crippen LogP contribution in [-0.2, 0) is 0 Å². The van der Waals surface area contributed by atoms with Crippen molar-refractivity contribution in [2.24, 2.45) is 0 Å². The summed E-state index contributed by atoms with van der Waals surface area (Å²) < 4.78 is 15.7. The van der Waals surface area contributed by atoms with Gasteiger partial charge in [-0.25, -0.2) is 0 Å². The van der Waals surface area contributed by atoms with Crippen LogP contribution in [0.2, 0.25) is 0 Å². The minimum Gasteiger partial charge on any atom is -0.493 e. The molecule has 0 aliphatic rings. The van der Waals surface area contributed by atoms with E-state index in [1.165, 1.54) is 14.2 Å². The van der Waals surface area contributed by atoms with E-state index in [4.69, 9.17) is 14.2 Å². The Labute approximate surface area is 95.1 Å². The van der Waals surface area contributed by atoms with Crippen LogP contribution in [0.4, 0.5) is 0 Å². The molecule has 0 atom stereocenters. The highest BCUT2D eigenvalue weighted by molar-refractivity contribution is 5.81. The summed E-state index contributed by atoms with van der Waals surface area (Å²) in [4.78, 5) is 10.9. The molecule has 0 saturated carbocycles. The molecule has 0 saturated heterocycles. The normalized spacial score (nSPS) is 10.1. The Morgan fingerprint density at radius 3 is 2.06 bits per heavy atom. The van der Waals surface area contributed by atoms with Crippen molar-refractivity contribution in [1.82, 2.24) is 0 Å². The topological polar surface area (TPSA) is 44.8 Å². The van der Waals surface area contributed by atoms with Gasteiger partial charge in [0, 0.05) is 6.07 Å². The Bertz CT molecular complexity index is 372. The number of rotatable bonds is 5. The molecule has 0 aliphatic carbocycles. The number of ether oxygens (including phenoxy) is 3. The van der Waals surface area contributed by atoms with E-state index in [2.05, 4.69) is 0 Å². The number of aldehydes is 1. The lowest BCUT2D eigenvalue weighted by molar-refractivity contribution is 0.111. The summed E-state index contributed by atoms with van der Waals surface area (Å²) in [6.07, 6.45) is 0.733. The predicted octanol–water partition coefficient (Wildman–Crippen LogP) is 2.30. The molecule has 4 heteroatoms. The van der Waals surface area contributed by atoms with E-state index in [0.29, 0.717) is 22.8 Å². The number of carbonyl (C=O) groups is 1. The van der Waals surface area contributed by atoms with Gasteiger partial charge in [0.1, 0.15) is 5.75 Å². The SMILES string of the molecule is COc1cc(C=O)c(OC(C)C)cc1OC. The minimum atomic E-state index is -0.00296. The lowest BCUT2D eigenvalue weighted by Crippen LogP contribution is -2.08. The molecule has 0 unspecified atom stereocenters. The van der Waals surface area contributed by atoms with Gasteiger partial charge < -0.3 is 14.2 Å². The summed E-state index contributed by atoms with van der Waals surface area (Å²) in [5.74, 6) is 1.56. The molecule has 0 fully saturated rings. The molecule has 0 aromatic heterocycles. The fraction of sp³-hybridized carbons (Fsp3) is 0.417. The monoisotopic (exact) mass is 224 g/mol. The van der Waals surface area contributed by atoms with Crippen LogP contribution < -0.4 is 14.2 Å². The maximum atomic E-state index is 10.9. The van der Waals surface area contributed by atoms with Gasteiger partial charge in [-0.1, -0.05) is 0 Å². The predicted molar refractivity (Wildman–Crippen MR) is 60.7 cm³/mol. The van der Waals surface area contributed by atoms with E-state index in [-0.39, 0.29) is 6.10 Å². The van der Waals surface area contributed by atoms with Crippen LogP contribution in [0.25, 0.3) is 0 Å². The van der Waals surface area contributed by atoms with Gasteiger partial charge in [-0.15, -0.1) is 0 Å². The Kier molecular flexibility index (Phi) is 4.17. The van der Waals surface area contributed by atoms with Crippen LogP contribution in [0.1, 0.15) is 24.2 Å². The highest BCUT2D eigenvalue weighted by atomic mass is 16.5. The van der Waals surface area contributed by atoms with Crippen molar-refractivity contribution >= 4 is 6.29 Å². The average molecular weight is 224 g/mol. The van der Waals surface area contributed by atoms with Gasteiger partial charge >= 0.3 is 0 Å². The molecular weight excluding hydrogens is 208 g/mol. The van der Waals surface area contributed by atoms with Gasteiger partial charge in [0.05, 0.1) is 25.9 Å². The molecule has 16 heavy (non-hydrogen) atoms. The Hall–Kier alpha value is -1.71. The lowest BCUT2D eigenvalue weighted by atomic mass is 10.2. The zero-order chi connectivity index (χ0) is 12.1. The first kappa shape index (κ1) is 12.4. The minimum absolute atomic E-state index is 0.00296. The number of hydrogen-bond donors (Lipinski definition) is 0. The van der Waals surface area contributed by atoms with Crippen molar-refractivity contribution < 1.29 is 19.0 Å². The van der Waals surface area contributed by atoms with Crippen LogP contribution in [0.5, 0.6) is 17.2 Å². The molecule has 0 amide bonds. The van der Waals surface area contributed by atoms with Crippen molar-refractivity contribution in [3.05, 3.63) is 17.7 Å². The molecule has 4 nitrogen and oxygen atoms in total. The summed E-state index contributed by atoms with van der Waals surface area (Å²) in [7, 11) is 3.06. The number of benzene rings is 1. The van der Waals surface area contributed by atoms with E-state index >= 15 is 0 Å². The smallest absolute Gasteiger partial charge is 0.164 e. The molecule has 0 aliphatic heterocycles. The molecule has 1 aromatic rings. The van der Waals surface area contributed by atoms with Crippen molar-refractivity contribution in [3.63, 3.8) is 0 Å². The van der Waals surface area contributed by atoms with E-state index < -0.39 is 0 Å². The molecule has 0 N–H and O–H groups in total. The lowest BCUT2D eigenvalue weighted by Gasteiger charge is -2.15. The summed E-state index contributed by atoms with van der Waals surface area (Å²) >= 11 is 0. The Balaban J connectivity index is 3.20. The number of hydrogen-bond acceptors (Lipinski definition) is 4. The van der Waals surface area contributed by atoms with Crippen molar-refractivity contribution in [1.29, 1.82) is 0 Å². The standard InChI is InChI=1S/C12H16O4/c1-8(2)16-10-6-12(15-4)11(14-3)5-9(10)7-13/h5-8H,1-4H3. The van der Waals surface area contributed by atoms with Crippen molar-refractivity contribution in [2.45, 2.75) is 20.0 Å². The van der Waals surface area contributed by atoms with Gasteiger partial charge in [0.2, 0.25) is 0 Å². The molecular formula is C12H16O4. The first-order chi connectivity index (χ1) is 7.62. The molecule has 0 radical (unpaired) electrons. The second-order valence-electron chi connectivity index (χ2n) is 3.53. The second-order valence-corrected chi connectivity index (χ2v) is 3.53. The number of methoxy groups -OCH3 is 2. The molecule has 0 heterocycles. The van der Waals surface area contributed by atoms with Crippen LogP contribution in [-0.4, -0.2) is 26.6 Å². The zero-order valence-electron chi connectivity index (χ0n) is 9.94.